The van der Waals surface area contributed by atoms with Crippen molar-refractivity contribution >= 4 is 35.0 Å². The Labute approximate surface area is 131 Å². The summed E-state index contributed by atoms with van der Waals surface area (Å²) in [5.74, 6) is -0.148. The van der Waals surface area contributed by atoms with Gasteiger partial charge in [-0.3, -0.25) is 4.79 Å². The SMILES string of the molecule is Nc1cc(Cl)ccc1SCC(=O)NCc1ccc(F)cc1. The Kier molecular flexibility index (Phi) is 5.47. The molecule has 0 aliphatic rings. The lowest BCUT2D eigenvalue weighted by Crippen LogP contribution is -2.24. The monoisotopic (exact) mass is 324 g/mol. The van der Waals surface area contributed by atoms with Gasteiger partial charge in [0.25, 0.3) is 0 Å². The van der Waals surface area contributed by atoms with Gasteiger partial charge < -0.3 is 11.1 Å². The van der Waals surface area contributed by atoms with Crippen LogP contribution in [0.3, 0.4) is 0 Å². The summed E-state index contributed by atoms with van der Waals surface area (Å²) in [6, 6.07) is 11.2. The summed E-state index contributed by atoms with van der Waals surface area (Å²) in [5.41, 5.74) is 7.22. The zero-order chi connectivity index (χ0) is 15.2. The van der Waals surface area contributed by atoms with Crippen LogP contribution in [0.1, 0.15) is 5.56 Å². The van der Waals surface area contributed by atoms with Crippen molar-refractivity contribution in [2.45, 2.75) is 11.4 Å². The summed E-state index contributed by atoms with van der Waals surface area (Å²) in [5, 5.41) is 3.34. The van der Waals surface area contributed by atoms with Gasteiger partial charge in [-0.15, -0.1) is 11.8 Å². The van der Waals surface area contributed by atoms with Crippen LogP contribution < -0.4 is 11.1 Å². The molecule has 2 aromatic carbocycles. The number of nitrogens with one attached hydrogen (secondary N) is 1. The fourth-order valence-electron chi connectivity index (χ4n) is 1.65. The smallest absolute Gasteiger partial charge is 0.230 e. The number of nitrogens with two attached hydrogens (primary N) is 1. The molecule has 2 aromatic rings. The predicted octanol–water partition coefficient (Wildman–Crippen LogP) is 3.47. The molecule has 0 heterocycles. The molecular formula is C15H14ClFN2OS. The number of thioether (sulfide) groups is 1. The second-order valence-corrected chi connectivity index (χ2v) is 5.83. The molecule has 0 aromatic heterocycles. The van der Waals surface area contributed by atoms with E-state index in [4.69, 9.17) is 17.3 Å². The van der Waals surface area contributed by atoms with E-state index in [0.717, 1.165) is 10.5 Å². The standard InChI is InChI=1S/C15H14ClFN2OS/c16-11-3-6-14(13(18)7-11)21-9-15(20)19-8-10-1-4-12(17)5-2-10/h1-7H,8-9,18H2,(H,19,20). The van der Waals surface area contributed by atoms with Crippen LogP contribution in [0, 0.1) is 5.82 Å². The molecule has 0 unspecified atom stereocenters. The summed E-state index contributed by atoms with van der Waals surface area (Å²) >= 11 is 7.16. The maximum atomic E-state index is 12.7. The maximum absolute atomic E-state index is 12.7. The number of carbonyl (C=O) groups excluding carboxylic acids is 1. The first-order chi connectivity index (χ1) is 10.0. The van der Waals surface area contributed by atoms with Gasteiger partial charge in [-0.05, 0) is 35.9 Å². The number of benzene rings is 2. The Balaban J connectivity index is 1.80. The Morgan fingerprint density at radius 1 is 1.24 bits per heavy atom. The van der Waals surface area contributed by atoms with Crippen LogP contribution in [0.4, 0.5) is 10.1 Å². The van der Waals surface area contributed by atoms with E-state index in [1.54, 1.807) is 30.3 Å². The zero-order valence-electron chi connectivity index (χ0n) is 11.1. The number of amides is 1. The first-order valence-electron chi connectivity index (χ1n) is 6.23. The molecular weight excluding hydrogens is 311 g/mol. The predicted molar refractivity (Wildman–Crippen MR) is 84.8 cm³/mol. The van der Waals surface area contributed by atoms with Gasteiger partial charge in [-0.25, -0.2) is 4.39 Å². The lowest BCUT2D eigenvalue weighted by molar-refractivity contribution is -0.118. The Morgan fingerprint density at radius 2 is 1.95 bits per heavy atom. The van der Waals surface area contributed by atoms with Gasteiger partial charge in [-0.2, -0.15) is 0 Å². The Bertz CT molecular complexity index is 634. The highest BCUT2D eigenvalue weighted by atomic mass is 35.5. The third-order valence-corrected chi connectivity index (χ3v) is 4.06. The number of nitrogen functional groups attached to an aromatic ring is 1. The molecule has 0 bridgehead atoms. The second kappa shape index (κ2) is 7.33. The molecule has 3 N–H and O–H groups in total. The normalized spacial score (nSPS) is 10.4. The van der Waals surface area contributed by atoms with Gasteiger partial charge in [0.2, 0.25) is 5.91 Å². The molecule has 3 nitrogen and oxygen atoms in total. The molecule has 0 fully saturated rings. The van der Waals surface area contributed by atoms with E-state index in [-0.39, 0.29) is 17.5 Å². The quantitative estimate of drug-likeness (QED) is 0.654. The van der Waals surface area contributed by atoms with Crippen molar-refractivity contribution in [1.82, 2.24) is 5.32 Å². The zero-order valence-corrected chi connectivity index (χ0v) is 12.7. The molecule has 2 rings (SSSR count). The Hall–Kier alpha value is -1.72. The molecule has 21 heavy (non-hydrogen) atoms. The number of halogens is 2. The van der Waals surface area contributed by atoms with Crippen molar-refractivity contribution in [3.8, 4) is 0 Å². The van der Waals surface area contributed by atoms with Gasteiger partial charge in [0.05, 0.1) is 5.75 Å². The van der Waals surface area contributed by atoms with Crippen LogP contribution in [0.5, 0.6) is 0 Å². The van der Waals surface area contributed by atoms with E-state index in [9.17, 15) is 9.18 Å². The largest absolute Gasteiger partial charge is 0.398 e. The number of rotatable bonds is 5. The van der Waals surface area contributed by atoms with Crippen LogP contribution in [0.2, 0.25) is 5.02 Å². The number of anilines is 1. The third kappa shape index (κ3) is 4.95. The molecule has 0 saturated heterocycles. The fourth-order valence-corrected chi connectivity index (χ4v) is 2.61. The van der Waals surface area contributed by atoms with Crippen molar-refractivity contribution in [2.75, 3.05) is 11.5 Å². The highest BCUT2D eigenvalue weighted by Crippen LogP contribution is 2.27. The molecule has 0 atom stereocenters. The van der Waals surface area contributed by atoms with E-state index in [0.29, 0.717) is 17.3 Å². The molecule has 6 heteroatoms. The third-order valence-electron chi connectivity index (χ3n) is 2.73. The highest BCUT2D eigenvalue weighted by Gasteiger charge is 2.06. The van der Waals surface area contributed by atoms with Crippen molar-refractivity contribution in [1.29, 1.82) is 0 Å². The number of hydrogen-bond donors (Lipinski definition) is 2. The topological polar surface area (TPSA) is 55.1 Å². The van der Waals surface area contributed by atoms with Crippen molar-refractivity contribution in [3.63, 3.8) is 0 Å². The van der Waals surface area contributed by atoms with E-state index in [1.165, 1.54) is 23.9 Å². The molecule has 1 amide bonds. The molecule has 110 valence electrons. The Morgan fingerprint density at radius 3 is 2.62 bits per heavy atom. The average Bonchev–Trinajstić information content (AvgIpc) is 2.46. The van der Waals surface area contributed by atoms with E-state index < -0.39 is 0 Å². The minimum atomic E-state index is -0.293. The fraction of sp³-hybridized carbons (Fsp3) is 0.133. The van der Waals surface area contributed by atoms with Gasteiger partial charge in [-0.1, -0.05) is 23.7 Å². The molecule has 0 radical (unpaired) electrons. The summed E-state index contributed by atoms with van der Waals surface area (Å²) < 4.78 is 12.7. The van der Waals surface area contributed by atoms with E-state index >= 15 is 0 Å². The van der Waals surface area contributed by atoms with Gasteiger partial charge in [0.15, 0.2) is 0 Å². The second-order valence-electron chi connectivity index (χ2n) is 4.37. The summed E-state index contributed by atoms with van der Waals surface area (Å²) in [6.45, 7) is 0.371. The molecule has 0 spiro atoms. The van der Waals surface area contributed by atoms with Crippen molar-refractivity contribution in [3.05, 3.63) is 58.9 Å². The van der Waals surface area contributed by atoms with E-state index in [2.05, 4.69) is 5.32 Å². The van der Waals surface area contributed by atoms with Gasteiger partial charge >= 0.3 is 0 Å². The highest BCUT2D eigenvalue weighted by molar-refractivity contribution is 8.00. The first kappa shape index (κ1) is 15.7. The summed E-state index contributed by atoms with van der Waals surface area (Å²) in [4.78, 5) is 12.6. The summed E-state index contributed by atoms with van der Waals surface area (Å²) in [6.07, 6.45) is 0. The average molecular weight is 325 g/mol. The van der Waals surface area contributed by atoms with Crippen molar-refractivity contribution in [2.24, 2.45) is 0 Å². The van der Waals surface area contributed by atoms with Crippen LogP contribution in [0.25, 0.3) is 0 Å². The molecule has 0 aliphatic carbocycles. The molecule has 0 aliphatic heterocycles. The van der Waals surface area contributed by atoms with E-state index in [1.807, 2.05) is 0 Å². The number of carbonyl (C=O) groups is 1. The first-order valence-corrected chi connectivity index (χ1v) is 7.60. The minimum absolute atomic E-state index is 0.112. The van der Waals surface area contributed by atoms with Crippen LogP contribution in [-0.4, -0.2) is 11.7 Å². The van der Waals surface area contributed by atoms with Crippen LogP contribution in [0.15, 0.2) is 47.4 Å². The lowest BCUT2D eigenvalue weighted by atomic mass is 10.2. The van der Waals surface area contributed by atoms with Crippen molar-refractivity contribution < 1.29 is 9.18 Å². The van der Waals surface area contributed by atoms with Gasteiger partial charge in [0, 0.05) is 22.2 Å². The van der Waals surface area contributed by atoms with Gasteiger partial charge in [0.1, 0.15) is 5.82 Å². The maximum Gasteiger partial charge on any atom is 0.230 e. The number of hydrogen-bond acceptors (Lipinski definition) is 3. The minimum Gasteiger partial charge on any atom is -0.398 e. The molecule has 0 saturated carbocycles. The van der Waals surface area contributed by atoms with Crippen LogP contribution >= 0.6 is 23.4 Å². The van der Waals surface area contributed by atoms with Crippen LogP contribution in [-0.2, 0) is 11.3 Å². The lowest BCUT2D eigenvalue weighted by Gasteiger charge is -2.07. The summed E-state index contributed by atoms with van der Waals surface area (Å²) in [7, 11) is 0.